The van der Waals surface area contributed by atoms with Crippen LogP contribution in [0.3, 0.4) is 0 Å². The Morgan fingerprint density at radius 1 is 1.40 bits per heavy atom. The first-order chi connectivity index (χ1) is 9.72. The Kier molecular flexibility index (Phi) is 3.64. The summed E-state index contributed by atoms with van der Waals surface area (Å²) in [6.45, 7) is 6.77. The molecule has 0 radical (unpaired) electrons. The number of benzene rings is 1. The van der Waals surface area contributed by atoms with Crippen molar-refractivity contribution < 1.29 is 0 Å². The van der Waals surface area contributed by atoms with Crippen LogP contribution in [0.5, 0.6) is 0 Å². The average Bonchev–Trinajstić information content (AvgIpc) is 3.10. The van der Waals surface area contributed by atoms with Crippen molar-refractivity contribution in [3.63, 3.8) is 0 Å². The van der Waals surface area contributed by atoms with Crippen LogP contribution in [0.4, 0.5) is 5.69 Å². The van der Waals surface area contributed by atoms with Crippen LogP contribution in [0.15, 0.2) is 24.3 Å². The highest BCUT2D eigenvalue weighted by molar-refractivity contribution is 5.62. The van der Waals surface area contributed by atoms with Crippen molar-refractivity contribution in [2.24, 2.45) is 0 Å². The topological polar surface area (TPSA) is 69.7 Å². The summed E-state index contributed by atoms with van der Waals surface area (Å²) in [5.74, 6) is 0.629. The van der Waals surface area contributed by atoms with Gasteiger partial charge in [-0.05, 0) is 37.6 Å². The fourth-order valence-corrected chi connectivity index (χ4v) is 2.64. The fraction of sp³-hybridized carbons (Fsp3) is 0.500. The average molecular weight is 272 g/mol. The third kappa shape index (κ3) is 2.80. The molecule has 1 saturated heterocycles. The minimum Gasteiger partial charge on any atom is -0.381 e. The van der Waals surface area contributed by atoms with Gasteiger partial charge in [0.1, 0.15) is 0 Å². The molecule has 0 bridgehead atoms. The predicted octanol–water partition coefficient (Wildman–Crippen LogP) is 1.76. The standard InChI is InChI=1S/C14H20N6/c1-10(2)20-7-6-13(9-20)15-12-5-3-4-11(8-12)14-16-18-19-17-14/h3-5,8,10,13,15H,6-7,9H2,1-2H3,(H,16,17,18,19). The van der Waals surface area contributed by atoms with Gasteiger partial charge >= 0.3 is 0 Å². The summed E-state index contributed by atoms with van der Waals surface area (Å²) in [4.78, 5) is 2.50. The Balaban J connectivity index is 1.68. The van der Waals surface area contributed by atoms with E-state index in [1.165, 1.54) is 13.0 Å². The molecule has 1 atom stereocenters. The highest BCUT2D eigenvalue weighted by atomic mass is 15.5. The third-order valence-electron chi connectivity index (χ3n) is 3.79. The number of anilines is 1. The molecule has 1 aromatic heterocycles. The minimum atomic E-state index is 0.512. The Morgan fingerprint density at radius 2 is 2.30 bits per heavy atom. The summed E-state index contributed by atoms with van der Waals surface area (Å²) in [5, 5.41) is 17.7. The summed E-state index contributed by atoms with van der Waals surface area (Å²) in [5.41, 5.74) is 2.09. The predicted molar refractivity (Wildman–Crippen MR) is 78.4 cm³/mol. The lowest BCUT2D eigenvalue weighted by Gasteiger charge is -2.21. The first-order valence-corrected chi connectivity index (χ1v) is 7.07. The molecule has 106 valence electrons. The second kappa shape index (κ2) is 5.58. The number of nitrogens with zero attached hydrogens (tertiary/aromatic N) is 4. The molecule has 1 unspecified atom stereocenters. The second-order valence-electron chi connectivity index (χ2n) is 5.53. The highest BCUT2D eigenvalue weighted by Crippen LogP contribution is 2.21. The van der Waals surface area contributed by atoms with Crippen LogP contribution < -0.4 is 5.32 Å². The van der Waals surface area contributed by atoms with Crippen LogP contribution in [0.1, 0.15) is 20.3 Å². The van der Waals surface area contributed by atoms with Gasteiger partial charge in [-0.25, -0.2) is 0 Å². The number of tetrazole rings is 1. The van der Waals surface area contributed by atoms with Crippen molar-refractivity contribution in [2.45, 2.75) is 32.4 Å². The number of H-pyrrole nitrogens is 1. The van der Waals surface area contributed by atoms with E-state index in [-0.39, 0.29) is 0 Å². The van der Waals surface area contributed by atoms with Gasteiger partial charge in [0.05, 0.1) is 0 Å². The zero-order valence-corrected chi connectivity index (χ0v) is 11.9. The molecule has 2 aromatic rings. The number of likely N-dealkylation sites (tertiary alicyclic amines) is 1. The number of hydrogen-bond acceptors (Lipinski definition) is 5. The van der Waals surface area contributed by atoms with E-state index >= 15 is 0 Å². The molecule has 1 aromatic carbocycles. The number of aromatic amines is 1. The van der Waals surface area contributed by atoms with E-state index < -0.39 is 0 Å². The van der Waals surface area contributed by atoms with Gasteiger partial charge in [0.25, 0.3) is 0 Å². The minimum absolute atomic E-state index is 0.512. The molecule has 0 amide bonds. The van der Waals surface area contributed by atoms with Gasteiger partial charge in [0.15, 0.2) is 0 Å². The van der Waals surface area contributed by atoms with Crippen molar-refractivity contribution in [1.82, 2.24) is 25.5 Å². The normalized spacial score (nSPS) is 19.6. The van der Waals surface area contributed by atoms with Crippen LogP contribution >= 0.6 is 0 Å². The maximum Gasteiger partial charge on any atom is 0.204 e. The van der Waals surface area contributed by atoms with E-state index in [0.29, 0.717) is 17.9 Å². The maximum atomic E-state index is 4.01. The van der Waals surface area contributed by atoms with Crippen molar-refractivity contribution in [1.29, 1.82) is 0 Å². The summed E-state index contributed by atoms with van der Waals surface area (Å²) >= 11 is 0. The molecule has 1 aliphatic rings. The largest absolute Gasteiger partial charge is 0.381 e. The van der Waals surface area contributed by atoms with E-state index in [0.717, 1.165) is 17.8 Å². The van der Waals surface area contributed by atoms with Crippen molar-refractivity contribution in [2.75, 3.05) is 18.4 Å². The molecule has 6 nitrogen and oxygen atoms in total. The molecule has 2 heterocycles. The van der Waals surface area contributed by atoms with E-state index in [1.807, 2.05) is 12.1 Å². The molecule has 0 aliphatic carbocycles. The Bertz CT molecular complexity index is 551. The zero-order chi connectivity index (χ0) is 13.9. The van der Waals surface area contributed by atoms with Crippen LogP contribution in [-0.4, -0.2) is 50.7 Å². The number of rotatable bonds is 4. The number of nitrogens with one attached hydrogen (secondary N) is 2. The van der Waals surface area contributed by atoms with Gasteiger partial charge in [0, 0.05) is 36.4 Å². The van der Waals surface area contributed by atoms with E-state index in [1.54, 1.807) is 0 Å². The Labute approximate surface area is 118 Å². The first-order valence-electron chi connectivity index (χ1n) is 7.07. The molecular weight excluding hydrogens is 252 g/mol. The Hall–Kier alpha value is -1.95. The maximum absolute atomic E-state index is 4.01. The van der Waals surface area contributed by atoms with Crippen molar-refractivity contribution >= 4 is 5.69 Å². The molecule has 0 saturated carbocycles. The second-order valence-corrected chi connectivity index (χ2v) is 5.53. The fourth-order valence-electron chi connectivity index (χ4n) is 2.64. The van der Waals surface area contributed by atoms with Gasteiger partial charge in [-0.15, -0.1) is 10.2 Å². The monoisotopic (exact) mass is 272 g/mol. The summed E-state index contributed by atoms with van der Waals surface area (Å²) in [6, 6.07) is 9.30. The number of hydrogen-bond donors (Lipinski definition) is 2. The van der Waals surface area contributed by atoms with Gasteiger partial charge in [-0.2, -0.15) is 5.21 Å². The van der Waals surface area contributed by atoms with Gasteiger partial charge < -0.3 is 5.32 Å². The van der Waals surface area contributed by atoms with Crippen molar-refractivity contribution in [3.8, 4) is 11.4 Å². The molecule has 1 aliphatic heterocycles. The summed E-state index contributed by atoms with van der Waals surface area (Å²) < 4.78 is 0. The molecule has 1 fully saturated rings. The number of aromatic nitrogens is 4. The smallest absolute Gasteiger partial charge is 0.204 e. The lowest BCUT2D eigenvalue weighted by Crippen LogP contribution is -2.31. The van der Waals surface area contributed by atoms with E-state index in [2.05, 4.69) is 56.8 Å². The molecule has 3 rings (SSSR count). The molecule has 2 N–H and O–H groups in total. The lowest BCUT2D eigenvalue weighted by atomic mass is 10.1. The summed E-state index contributed by atoms with van der Waals surface area (Å²) in [7, 11) is 0. The summed E-state index contributed by atoms with van der Waals surface area (Å²) in [6.07, 6.45) is 1.19. The van der Waals surface area contributed by atoms with Crippen LogP contribution in [0.25, 0.3) is 11.4 Å². The highest BCUT2D eigenvalue weighted by Gasteiger charge is 2.23. The van der Waals surface area contributed by atoms with Crippen molar-refractivity contribution in [3.05, 3.63) is 24.3 Å². The van der Waals surface area contributed by atoms with Crippen LogP contribution in [0, 0.1) is 0 Å². The van der Waals surface area contributed by atoms with Crippen LogP contribution in [-0.2, 0) is 0 Å². The third-order valence-corrected chi connectivity index (χ3v) is 3.79. The van der Waals surface area contributed by atoms with E-state index in [4.69, 9.17) is 0 Å². The van der Waals surface area contributed by atoms with Gasteiger partial charge in [0.2, 0.25) is 5.82 Å². The molecule has 0 spiro atoms. The molecule has 6 heteroatoms. The molecule has 20 heavy (non-hydrogen) atoms. The molecular formula is C14H20N6. The Morgan fingerprint density at radius 3 is 3.00 bits per heavy atom. The van der Waals surface area contributed by atoms with Gasteiger partial charge in [-0.1, -0.05) is 12.1 Å². The van der Waals surface area contributed by atoms with E-state index in [9.17, 15) is 0 Å². The zero-order valence-electron chi connectivity index (χ0n) is 11.9. The SMILES string of the molecule is CC(C)N1CCC(Nc2cccc(-c3nn[nH]n3)c2)C1. The van der Waals surface area contributed by atoms with Gasteiger partial charge in [-0.3, -0.25) is 4.90 Å². The quantitative estimate of drug-likeness (QED) is 0.887. The first kappa shape index (κ1) is 13.1. The lowest BCUT2D eigenvalue weighted by molar-refractivity contribution is 0.274. The van der Waals surface area contributed by atoms with Crippen LogP contribution in [0.2, 0.25) is 0 Å².